The monoisotopic (exact) mass is 837 g/mol. The Kier molecular flexibility index (Phi) is 18.4. The van der Waals surface area contributed by atoms with Crippen molar-refractivity contribution in [2.24, 2.45) is 11.8 Å². The summed E-state index contributed by atoms with van der Waals surface area (Å²) >= 11 is 6.03. The van der Waals surface area contributed by atoms with Crippen LogP contribution in [0.1, 0.15) is 62.8 Å². The number of carboxylic acid groups (broad SMARTS) is 4. The van der Waals surface area contributed by atoms with Gasteiger partial charge in [-0.05, 0) is 103 Å². The van der Waals surface area contributed by atoms with Crippen LogP contribution >= 0.6 is 11.6 Å². The number of sulfonamides is 1. The molecule has 4 rings (SSSR count). The minimum absolute atomic E-state index is 0.0585. The summed E-state index contributed by atoms with van der Waals surface area (Å²) in [5.41, 5.74) is 3.92. The summed E-state index contributed by atoms with van der Waals surface area (Å²) in [7, 11) is -3.72. The van der Waals surface area contributed by atoms with E-state index in [4.69, 9.17) is 11.6 Å². The molecule has 0 saturated carbocycles. The molecule has 4 aromatic carbocycles. The molecular weight excluding hydrogens is 786 g/mol. The molecule has 0 aromatic heterocycles. The van der Waals surface area contributed by atoms with Crippen LogP contribution in [-0.2, 0) is 48.5 Å². The van der Waals surface area contributed by atoms with Gasteiger partial charge in [0.15, 0.2) is 0 Å². The fourth-order valence-electron chi connectivity index (χ4n) is 6.09. The van der Waals surface area contributed by atoms with E-state index in [1.807, 2.05) is 76.2 Å². The molecule has 4 aromatic rings. The molecule has 0 heterocycles. The van der Waals surface area contributed by atoms with Crippen molar-refractivity contribution in [3.8, 4) is 0 Å². The fourth-order valence-corrected chi connectivity index (χ4v) is 7.38. The van der Waals surface area contributed by atoms with Crippen molar-refractivity contribution in [2.75, 3.05) is 4.72 Å². The van der Waals surface area contributed by atoms with E-state index in [9.17, 15) is 48.0 Å². The van der Waals surface area contributed by atoms with Crippen LogP contribution in [-0.4, -0.2) is 76.9 Å². The van der Waals surface area contributed by atoms with Crippen LogP contribution in [0.15, 0.2) is 108 Å². The van der Waals surface area contributed by atoms with Gasteiger partial charge in [0.05, 0.1) is 4.90 Å². The molecule has 15 heteroatoms. The standard InChI is InChI=1S/C22H26ClNO4.C21H26N2O6S/c1-14(2)9-19(21(25)26)24-20(22(27)28)13-17-6-3-5-15(11-17)10-16-7-4-8-18(23)12-16;1-14(2)12-18(20(24)25)22-19(21(26)27)13-15-8-10-16(11-9-15)23-30(28,29)17-6-4-3-5-7-17/h3-8,11-12,14,19-20,24H,9-10,13H2,1-2H3,(H,25,26)(H,27,28);3-11,14,18-19,22-23H,12-13H2,1-2H3,(H,24,25)(H,26,27). The first-order valence-electron chi connectivity index (χ1n) is 18.7. The average molecular weight is 838 g/mol. The molecule has 0 fully saturated rings. The van der Waals surface area contributed by atoms with Gasteiger partial charge >= 0.3 is 23.9 Å². The topological polar surface area (TPSA) is 219 Å². The third kappa shape index (κ3) is 16.3. The molecule has 312 valence electrons. The van der Waals surface area contributed by atoms with E-state index in [1.165, 1.54) is 24.3 Å². The maximum Gasteiger partial charge on any atom is 0.321 e. The molecule has 0 aliphatic carbocycles. The Morgan fingerprint density at radius 2 is 1.00 bits per heavy atom. The van der Waals surface area contributed by atoms with Crippen molar-refractivity contribution in [1.29, 1.82) is 0 Å². The molecule has 0 spiro atoms. The number of hydrogen-bond acceptors (Lipinski definition) is 8. The molecule has 58 heavy (non-hydrogen) atoms. The van der Waals surface area contributed by atoms with Gasteiger partial charge in [-0.1, -0.05) is 106 Å². The van der Waals surface area contributed by atoms with E-state index in [0.29, 0.717) is 35.5 Å². The third-order valence-corrected chi connectivity index (χ3v) is 10.5. The van der Waals surface area contributed by atoms with Crippen LogP contribution in [0, 0.1) is 11.8 Å². The molecule has 4 atom stereocenters. The average Bonchev–Trinajstić information content (AvgIpc) is 3.14. The zero-order valence-corrected chi connectivity index (χ0v) is 34.4. The highest BCUT2D eigenvalue weighted by Crippen LogP contribution is 2.19. The Bertz CT molecular complexity index is 2080. The van der Waals surface area contributed by atoms with Gasteiger partial charge in [0.2, 0.25) is 0 Å². The van der Waals surface area contributed by atoms with E-state index in [1.54, 1.807) is 30.3 Å². The van der Waals surface area contributed by atoms with Gasteiger partial charge < -0.3 is 20.4 Å². The number of hydrogen-bond donors (Lipinski definition) is 7. The molecule has 13 nitrogen and oxygen atoms in total. The molecule has 0 radical (unpaired) electrons. The maximum atomic E-state index is 12.4. The second kappa shape index (κ2) is 22.6. The molecule has 7 N–H and O–H groups in total. The predicted octanol–water partition coefficient (Wildman–Crippen LogP) is 6.59. The number of carboxylic acids is 4. The van der Waals surface area contributed by atoms with E-state index >= 15 is 0 Å². The van der Waals surface area contributed by atoms with E-state index in [0.717, 1.165) is 16.7 Å². The quantitative estimate of drug-likeness (QED) is 0.0473. The minimum atomic E-state index is -3.72. The van der Waals surface area contributed by atoms with Crippen LogP contribution in [0.4, 0.5) is 5.69 Å². The van der Waals surface area contributed by atoms with Gasteiger partial charge in [-0.2, -0.15) is 0 Å². The lowest BCUT2D eigenvalue weighted by Crippen LogP contribution is -2.48. The molecule has 0 saturated heterocycles. The van der Waals surface area contributed by atoms with Crippen LogP contribution in [0.5, 0.6) is 0 Å². The number of nitrogens with one attached hydrogen (secondary N) is 3. The van der Waals surface area contributed by atoms with Crippen molar-refractivity contribution in [3.05, 3.63) is 130 Å². The van der Waals surface area contributed by atoms with Crippen LogP contribution in [0.25, 0.3) is 0 Å². The van der Waals surface area contributed by atoms with E-state index < -0.39 is 58.1 Å². The Morgan fingerprint density at radius 3 is 1.47 bits per heavy atom. The smallest absolute Gasteiger partial charge is 0.321 e. The molecule has 0 aliphatic rings. The number of halogens is 1. The van der Waals surface area contributed by atoms with Gasteiger partial charge in [0.1, 0.15) is 24.2 Å². The lowest BCUT2D eigenvalue weighted by Gasteiger charge is -2.22. The Morgan fingerprint density at radius 1 is 0.552 bits per heavy atom. The normalized spacial score (nSPS) is 13.4. The number of carbonyl (C=O) groups is 4. The number of aliphatic carboxylic acids is 4. The first kappa shape index (κ1) is 47.1. The predicted molar refractivity (Wildman–Crippen MR) is 223 cm³/mol. The highest BCUT2D eigenvalue weighted by Gasteiger charge is 2.28. The van der Waals surface area contributed by atoms with E-state index in [2.05, 4.69) is 15.4 Å². The van der Waals surface area contributed by atoms with Gasteiger partial charge in [-0.15, -0.1) is 0 Å². The van der Waals surface area contributed by atoms with Crippen molar-refractivity contribution >= 4 is 51.2 Å². The summed E-state index contributed by atoms with van der Waals surface area (Å²) in [5.74, 6) is -4.11. The lowest BCUT2D eigenvalue weighted by atomic mass is 9.98. The Labute approximate surface area is 344 Å². The van der Waals surface area contributed by atoms with Crippen molar-refractivity contribution < 1.29 is 48.0 Å². The van der Waals surface area contributed by atoms with Gasteiger partial charge in [-0.3, -0.25) is 34.5 Å². The molecule has 0 amide bonds. The summed E-state index contributed by atoms with van der Waals surface area (Å²) in [6, 6.07) is 25.6. The number of rotatable bonds is 21. The van der Waals surface area contributed by atoms with Crippen LogP contribution in [0.2, 0.25) is 5.02 Å². The number of anilines is 1. The third-order valence-electron chi connectivity index (χ3n) is 8.84. The van der Waals surface area contributed by atoms with Crippen molar-refractivity contribution in [1.82, 2.24) is 10.6 Å². The number of benzene rings is 4. The second-order valence-electron chi connectivity index (χ2n) is 14.8. The Hall–Kier alpha value is -5.28. The fraction of sp³-hybridized carbons (Fsp3) is 0.349. The van der Waals surface area contributed by atoms with Gasteiger partial charge in [0.25, 0.3) is 10.0 Å². The van der Waals surface area contributed by atoms with E-state index in [-0.39, 0.29) is 29.6 Å². The van der Waals surface area contributed by atoms with Crippen molar-refractivity contribution in [3.63, 3.8) is 0 Å². The molecule has 0 bridgehead atoms. The highest BCUT2D eigenvalue weighted by molar-refractivity contribution is 7.92. The second-order valence-corrected chi connectivity index (χ2v) is 16.9. The molecular formula is C43H52ClN3O10S. The lowest BCUT2D eigenvalue weighted by molar-refractivity contribution is -0.144. The van der Waals surface area contributed by atoms with Crippen LogP contribution < -0.4 is 15.4 Å². The Balaban J connectivity index is 0.000000311. The summed E-state index contributed by atoms with van der Waals surface area (Å²) < 4.78 is 27.2. The molecule has 0 aliphatic heterocycles. The maximum absolute atomic E-state index is 12.4. The molecule has 4 unspecified atom stereocenters. The first-order chi connectivity index (χ1) is 27.3. The summed E-state index contributed by atoms with van der Waals surface area (Å²) in [5, 5.41) is 43.9. The van der Waals surface area contributed by atoms with Gasteiger partial charge in [-0.25, -0.2) is 8.42 Å². The van der Waals surface area contributed by atoms with Crippen LogP contribution in [0.3, 0.4) is 0 Å². The van der Waals surface area contributed by atoms with Gasteiger partial charge in [0, 0.05) is 10.7 Å². The zero-order chi connectivity index (χ0) is 43.0. The SMILES string of the molecule is CC(C)CC(NC(Cc1ccc(NS(=O)(=O)c2ccccc2)cc1)C(=O)O)C(=O)O.CC(C)CC(NC(Cc1cccc(Cc2cccc(Cl)c2)c1)C(=O)O)C(=O)O. The minimum Gasteiger partial charge on any atom is -0.480 e. The highest BCUT2D eigenvalue weighted by atomic mass is 35.5. The summed E-state index contributed by atoms with van der Waals surface area (Å²) in [6.07, 6.45) is 1.63. The largest absolute Gasteiger partial charge is 0.480 e. The summed E-state index contributed by atoms with van der Waals surface area (Å²) in [4.78, 5) is 46.3. The van der Waals surface area contributed by atoms with Crippen molar-refractivity contribution in [2.45, 2.75) is 88.9 Å². The zero-order valence-electron chi connectivity index (χ0n) is 32.8. The summed E-state index contributed by atoms with van der Waals surface area (Å²) in [6.45, 7) is 7.55. The first-order valence-corrected chi connectivity index (χ1v) is 20.6.